The summed E-state index contributed by atoms with van der Waals surface area (Å²) in [5.41, 5.74) is 0. The highest BCUT2D eigenvalue weighted by atomic mass is 127. The zero-order valence-electron chi connectivity index (χ0n) is 7.34. The molecule has 1 saturated heterocycles. The first-order chi connectivity index (χ1) is 6.15. The lowest BCUT2D eigenvalue weighted by Gasteiger charge is -2.30. The number of carbonyl (C=O) groups is 2. The third kappa shape index (κ3) is 3.00. The summed E-state index contributed by atoms with van der Waals surface area (Å²) in [6.45, 7) is 0.842. The van der Waals surface area contributed by atoms with E-state index in [1.54, 1.807) is 26.7 Å². The van der Waals surface area contributed by atoms with Crippen molar-refractivity contribution in [3.8, 4) is 0 Å². The van der Waals surface area contributed by atoms with Gasteiger partial charge in [-0.25, -0.2) is 4.79 Å². The second-order valence-electron chi connectivity index (χ2n) is 3.02. The summed E-state index contributed by atoms with van der Waals surface area (Å²) in [4.78, 5) is 22.4. The number of amides is 3. The van der Waals surface area contributed by atoms with Crippen LogP contribution in [0.25, 0.3) is 0 Å². The van der Waals surface area contributed by atoms with E-state index in [1.807, 2.05) is 0 Å². The van der Waals surface area contributed by atoms with Gasteiger partial charge < -0.3 is 9.20 Å². The van der Waals surface area contributed by atoms with Crippen LogP contribution in [0.4, 0.5) is 4.79 Å². The summed E-state index contributed by atoms with van der Waals surface area (Å²) >= 11 is 2.48. The maximum absolute atomic E-state index is 11.5. The van der Waals surface area contributed by atoms with Crippen molar-refractivity contribution in [2.24, 2.45) is 0 Å². The highest BCUT2D eigenvalue weighted by molar-refractivity contribution is 14.1. The van der Waals surface area contributed by atoms with E-state index < -0.39 is 0 Å². The minimum atomic E-state index is -0.319. The van der Waals surface area contributed by atoms with Crippen LogP contribution in [-0.2, 0) is 4.79 Å². The fourth-order valence-corrected chi connectivity index (χ4v) is 2.14. The van der Waals surface area contributed by atoms with Crippen LogP contribution in [-0.4, -0.2) is 44.9 Å². The number of rotatable bonds is 1. The van der Waals surface area contributed by atoms with Gasteiger partial charge in [0.2, 0.25) is 5.91 Å². The first-order valence-electron chi connectivity index (χ1n) is 4.07. The summed E-state index contributed by atoms with van der Waals surface area (Å²) < 4.78 is 4.19. The number of halogens is 1. The van der Waals surface area contributed by atoms with Gasteiger partial charge in [0.15, 0.2) is 0 Å². The zero-order chi connectivity index (χ0) is 9.84. The van der Waals surface area contributed by atoms with Crippen LogP contribution >= 0.6 is 22.9 Å². The van der Waals surface area contributed by atoms with Gasteiger partial charge >= 0.3 is 22.5 Å². The Hall–Kier alpha value is 0.00247. The van der Waals surface area contributed by atoms with E-state index >= 15 is 0 Å². The Morgan fingerprint density at radius 3 is 3.00 bits per heavy atom. The molecule has 3 amide bonds. The maximum Gasteiger partial charge on any atom is 0.367 e. The topological polar surface area (TPSA) is 61.4 Å². The largest absolute Gasteiger partial charge is 0.438 e. The molecule has 7 heteroatoms. The second kappa shape index (κ2) is 5.03. The Balaban J connectivity index is 2.49. The first-order valence-corrected chi connectivity index (χ1v) is 6.04. The summed E-state index contributed by atoms with van der Waals surface area (Å²) in [5.74, 6) is 0.0536. The molecule has 0 aliphatic carbocycles. The van der Waals surface area contributed by atoms with Gasteiger partial charge in [0, 0.05) is 0 Å². The average molecular weight is 311 g/mol. The Labute approximate surface area is 98.7 Å². The Morgan fingerprint density at radius 1 is 1.69 bits per heavy atom. The molecule has 0 aromatic rings. The van der Waals surface area contributed by atoms with E-state index in [0.717, 1.165) is 35.9 Å². The molecule has 1 fully saturated rings. The van der Waals surface area contributed by atoms with E-state index in [9.17, 15) is 9.59 Å². The Morgan fingerprint density at radius 2 is 2.38 bits per heavy atom. The van der Waals surface area contributed by atoms with Crippen molar-refractivity contribution in [3.05, 3.63) is 0 Å². The molecule has 1 unspecified atom stereocenters. The molecule has 72 valence electrons. The van der Waals surface area contributed by atoms with Gasteiger partial charge in [-0.1, -0.05) is 0 Å². The normalized spacial score (nSPS) is 22.7. The number of nitrogens with one attached hydrogen (secondary N) is 2. The van der Waals surface area contributed by atoms with Crippen molar-refractivity contribution < 1.29 is 9.59 Å². The van der Waals surface area contributed by atoms with Gasteiger partial charge in [0.05, 0.1) is 22.9 Å². The number of nitrogens with zero attached hydrogens (tertiary/aromatic N) is 1. The van der Waals surface area contributed by atoms with Crippen molar-refractivity contribution >= 4 is 51.3 Å². The van der Waals surface area contributed by atoms with E-state index in [1.165, 1.54) is 0 Å². The van der Waals surface area contributed by atoms with Crippen molar-refractivity contribution in [2.45, 2.75) is 18.9 Å². The molecule has 1 heterocycles. The molecular formula is C6H11AlIN3O2. The smallest absolute Gasteiger partial charge is 0.367 e. The lowest BCUT2D eigenvalue weighted by molar-refractivity contribution is -0.130. The summed E-state index contributed by atoms with van der Waals surface area (Å²) in [6, 6.07) is -0.614. The van der Waals surface area contributed by atoms with Crippen LogP contribution < -0.4 is 8.85 Å². The van der Waals surface area contributed by atoms with Crippen LogP contribution in [0.15, 0.2) is 0 Å². The molecular weight excluding hydrogens is 300 g/mol. The molecule has 0 aromatic carbocycles. The van der Waals surface area contributed by atoms with Crippen molar-refractivity contribution in [2.75, 3.05) is 6.54 Å². The summed E-state index contributed by atoms with van der Waals surface area (Å²) in [7, 11) is 0. The molecule has 1 rings (SSSR count). The average Bonchev–Trinajstić information content (AvgIpc) is 2.13. The second-order valence-corrected chi connectivity index (χ2v) is 4.64. The number of urea groups is 1. The third-order valence-corrected chi connectivity index (χ3v) is 3.43. The number of hydrogen-bond donors (Lipinski definition) is 2. The highest BCUT2D eigenvalue weighted by Gasteiger charge is 2.26. The van der Waals surface area contributed by atoms with Crippen molar-refractivity contribution in [1.82, 2.24) is 12.7 Å². The molecule has 0 radical (unpaired) electrons. The van der Waals surface area contributed by atoms with Crippen molar-refractivity contribution in [3.63, 3.8) is 0 Å². The molecule has 0 aromatic heterocycles. The monoisotopic (exact) mass is 311 g/mol. The molecule has 0 spiro atoms. The van der Waals surface area contributed by atoms with Crippen molar-refractivity contribution in [1.29, 1.82) is 0 Å². The minimum Gasteiger partial charge on any atom is -0.438 e. The molecule has 13 heavy (non-hydrogen) atoms. The van der Waals surface area contributed by atoms with Crippen LogP contribution in [0.2, 0.25) is 0 Å². The summed E-state index contributed by atoms with van der Waals surface area (Å²) in [5, 5.41) is 2.62. The zero-order valence-corrected chi connectivity index (χ0v) is 11.5. The molecule has 5 nitrogen and oxygen atoms in total. The number of hydrogen-bond acceptors (Lipinski definition) is 2. The van der Waals surface area contributed by atoms with E-state index in [2.05, 4.69) is 8.85 Å². The molecule has 0 saturated carbocycles. The van der Waals surface area contributed by atoms with Crippen LogP contribution in [0.3, 0.4) is 0 Å². The minimum absolute atomic E-state index is 0.0536. The lowest BCUT2D eigenvalue weighted by atomic mass is 10.1. The van der Waals surface area contributed by atoms with E-state index in [0.29, 0.717) is 0 Å². The van der Waals surface area contributed by atoms with Gasteiger partial charge in [-0.15, -0.1) is 0 Å². The molecule has 0 bridgehead atoms. The molecule has 1 aliphatic rings. The highest BCUT2D eigenvalue weighted by Crippen LogP contribution is 2.08. The molecule has 1 aliphatic heterocycles. The van der Waals surface area contributed by atoms with Crippen LogP contribution in [0.5, 0.6) is 0 Å². The first kappa shape index (κ1) is 11.1. The van der Waals surface area contributed by atoms with Gasteiger partial charge in [-0.05, 0) is 19.4 Å². The van der Waals surface area contributed by atoms with E-state index in [4.69, 9.17) is 0 Å². The lowest BCUT2D eigenvalue weighted by Crippen LogP contribution is -2.52. The fourth-order valence-electron chi connectivity index (χ4n) is 1.35. The van der Waals surface area contributed by atoms with Gasteiger partial charge in [-0.2, -0.15) is 0 Å². The number of piperidine rings is 1. The van der Waals surface area contributed by atoms with Gasteiger partial charge in [-0.3, -0.25) is 8.32 Å². The Kier molecular flexibility index (Phi) is 4.28. The predicted molar refractivity (Wildman–Crippen MR) is 59.0 cm³/mol. The standard InChI is InChI=1S/C6H10IN3O2.Al.2H/c7-10-6(12)9-4-2-1-3-8-5(4)11;;;/h4H,1-3H2,(H3,8,9,10,11,12);;;/q;+1;;/p-1. The SMILES string of the molecule is O=C(NI)NC1CCC[N]([AlH2])C1=O. The Bertz CT molecular complexity index is 226. The van der Waals surface area contributed by atoms with Crippen LogP contribution in [0, 0.1) is 0 Å². The number of carbonyl (C=O) groups excluding carboxylic acids is 2. The third-order valence-electron chi connectivity index (χ3n) is 2.05. The van der Waals surface area contributed by atoms with Crippen LogP contribution in [0.1, 0.15) is 12.8 Å². The van der Waals surface area contributed by atoms with Gasteiger partial charge in [0.1, 0.15) is 6.04 Å². The van der Waals surface area contributed by atoms with E-state index in [-0.39, 0.29) is 18.0 Å². The molecule has 1 atom stereocenters. The quantitative estimate of drug-likeness (QED) is 0.377. The molecule has 2 N–H and O–H groups in total. The predicted octanol–water partition coefficient (Wildman–Crippen LogP) is -0.825. The fraction of sp³-hybridized carbons (Fsp3) is 0.667. The van der Waals surface area contributed by atoms with Gasteiger partial charge in [0.25, 0.3) is 0 Å². The maximum atomic E-state index is 11.5. The summed E-state index contributed by atoms with van der Waals surface area (Å²) in [6.07, 6.45) is 1.73.